The third kappa shape index (κ3) is 4.95. The van der Waals surface area contributed by atoms with Gasteiger partial charge in [0.25, 0.3) is 0 Å². The molecule has 2 amide bonds. The van der Waals surface area contributed by atoms with Crippen molar-refractivity contribution in [3.63, 3.8) is 0 Å². The van der Waals surface area contributed by atoms with Gasteiger partial charge in [0.05, 0.1) is 5.56 Å². The molecule has 0 bridgehead atoms. The van der Waals surface area contributed by atoms with Crippen LogP contribution in [0.2, 0.25) is 0 Å². The Morgan fingerprint density at radius 3 is 2.57 bits per heavy atom. The molecule has 1 aromatic carbocycles. The fraction of sp³-hybridized carbons (Fsp3) is 0.353. The van der Waals surface area contributed by atoms with Gasteiger partial charge in [0.1, 0.15) is 0 Å². The molecule has 0 aliphatic carbocycles. The summed E-state index contributed by atoms with van der Waals surface area (Å²) in [4.78, 5) is 35.8. The lowest BCUT2D eigenvalue weighted by atomic mass is 10.1. The van der Waals surface area contributed by atoms with Crippen molar-refractivity contribution in [2.75, 3.05) is 13.1 Å². The second kappa shape index (κ2) is 7.58. The summed E-state index contributed by atoms with van der Waals surface area (Å²) in [5, 5.41) is 11.7. The lowest BCUT2D eigenvalue weighted by Gasteiger charge is -2.32. The summed E-state index contributed by atoms with van der Waals surface area (Å²) in [6, 6.07) is 6.32. The number of benzene rings is 1. The van der Waals surface area contributed by atoms with Gasteiger partial charge in [-0.2, -0.15) is 0 Å². The maximum atomic E-state index is 12.2. The Morgan fingerprint density at radius 2 is 1.96 bits per heavy atom. The molecule has 1 aromatic rings. The molecule has 122 valence electrons. The first-order chi connectivity index (χ1) is 11.0. The summed E-state index contributed by atoms with van der Waals surface area (Å²) in [6.45, 7) is 2.67. The van der Waals surface area contributed by atoms with Gasteiger partial charge < -0.3 is 15.3 Å². The van der Waals surface area contributed by atoms with Gasteiger partial charge >= 0.3 is 5.97 Å². The normalized spacial score (nSPS) is 18.0. The number of likely N-dealkylation sites (tertiary alicyclic amines) is 1. The fourth-order valence-corrected chi connectivity index (χ4v) is 2.59. The lowest BCUT2D eigenvalue weighted by Crippen LogP contribution is -2.48. The van der Waals surface area contributed by atoms with Gasteiger partial charge in [-0.25, -0.2) is 4.79 Å². The molecule has 1 heterocycles. The van der Waals surface area contributed by atoms with E-state index in [-0.39, 0.29) is 23.4 Å². The van der Waals surface area contributed by atoms with Crippen LogP contribution in [0.5, 0.6) is 0 Å². The van der Waals surface area contributed by atoms with Crippen LogP contribution in [-0.4, -0.2) is 46.9 Å². The SMILES string of the molecule is CC(=O)NC1CCCN(C(=O)/C=C/c2ccc(C(=O)O)cc2)C1. The van der Waals surface area contributed by atoms with E-state index in [2.05, 4.69) is 5.32 Å². The number of nitrogens with zero attached hydrogens (tertiary/aromatic N) is 1. The second-order valence-corrected chi connectivity index (χ2v) is 5.58. The predicted molar refractivity (Wildman–Crippen MR) is 85.9 cm³/mol. The maximum absolute atomic E-state index is 12.2. The minimum Gasteiger partial charge on any atom is -0.478 e. The number of aromatic carboxylic acids is 1. The summed E-state index contributed by atoms with van der Waals surface area (Å²) in [7, 11) is 0. The van der Waals surface area contributed by atoms with Crippen molar-refractivity contribution in [2.45, 2.75) is 25.8 Å². The molecule has 0 saturated carbocycles. The highest BCUT2D eigenvalue weighted by atomic mass is 16.4. The smallest absolute Gasteiger partial charge is 0.335 e. The highest BCUT2D eigenvalue weighted by molar-refractivity contribution is 5.92. The zero-order chi connectivity index (χ0) is 16.8. The molecule has 6 nitrogen and oxygen atoms in total. The Kier molecular flexibility index (Phi) is 5.51. The van der Waals surface area contributed by atoms with Crippen molar-refractivity contribution in [3.8, 4) is 0 Å². The first-order valence-corrected chi connectivity index (χ1v) is 7.53. The van der Waals surface area contributed by atoms with Crippen molar-refractivity contribution in [1.29, 1.82) is 0 Å². The molecule has 0 aromatic heterocycles. The van der Waals surface area contributed by atoms with Gasteiger partial charge in [-0.05, 0) is 36.6 Å². The van der Waals surface area contributed by atoms with Crippen molar-refractivity contribution in [2.24, 2.45) is 0 Å². The van der Waals surface area contributed by atoms with Crippen LogP contribution in [0.1, 0.15) is 35.7 Å². The van der Waals surface area contributed by atoms with E-state index in [1.165, 1.54) is 25.1 Å². The monoisotopic (exact) mass is 316 g/mol. The molecular formula is C17H20N2O4. The number of carboxylic acid groups (broad SMARTS) is 1. The number of hydrogen-bond donors (Lipinski definition) is 2. The van der Waals surface area contributed by atoms with Crippen LogP contribution < -0.4 is 5.32 Å². The first-order valence-electron chi connectivity index (χ1n) is 7.53. The van der Waals surface area contributed by atoms with Crippen LogP contribution >= 0.6 is 0 Å². The Hall–Kier alpha value is -2.63. The average molecular weight is 316 g/mol. The molecule has 0 spiro atoms. The Balaban J connectivity index is 1.94. The summed E-state index contributed by atoms with van der Waals surface area (Å²) >= 11 is 0. The third-order valence-corrected chi connectivity index (χ3v) is 3.72. The van der Waals surface area contributed by atoms with Crippen LogP contribution in [0, 0.1) is 0 Å². The molecule has 23 heavy (non-hydrogen) atoms. The molecular weight excluding hydrogens is 296 g/mol. The average Bonchev–Trinajstić information content (AvgIpc) is 2.52. The van der Waals surface area contributed by atoms with E-state index in [0.717, 1.165) is 18.4 Å². The largest absolute Gasteiger partial charge is 0.478 e. The molecule has 2 N–H and O–H groups in total. The highest BCUT2D eigenvalue weighted by Gasteiger charge is 2.22. The number of carbonyl (C=O) groups excluding carboxylic acids is 2. The van der Waals surface area contributed by atoms with E-state index >= 15 is 0 Å². The van der Waals surface area contributed by atoms with Gasteiger partial charge in [0, 0.05) is 32.1 Å². The molecule has 6 heteroatoms. The zero-order valence-corrected chi connectivity index (χ0v) is 13.0. The number of rotatable bonds is 4. The predicted octanol–water partition coefficient (Wildman–Crippen LogP) is 1.53. The fourth-order valence-electron chi connectivity index (χ4n) is 2.59. The Bertz CT molecular complexity index is 622. The van der Waals surface area contributed by atoms with E-state index in [1.807, 2.05) is 0 Å². The Labute approximate surface area is 134 Å². The Morgan fingerprint density at radius 1 is 1.26 bits per heavy atom. The minimum atomic E-state index is -0.978. The molecule has 0 radical (unpaired) electrons. The van der Waals surface area contributed by atoms with E-state index in [4.69, 9.17) is 5.11 Å². The second-order valence-electron chi connectivity index (χ2n) is 5.58. The van der Waals surface area contributed by atoms with Crippen LogP contribution in [0.25, 0.3) is 6.08 Å². The van der Waals surface area contributed by atoms with Gasteiger partial charge in [0.2, 0.25) is 11.8 Å². The van der Waals surface area contributed by atoms with Gasteiger partial charge in [0.15, 0.2) is 0 Å². The number of nitrogens with one attached hydrogen (secondary N) is 1. The number of amides is 2. The van der Waals surface area contributed by atoms with E-state index in [1.54, 1.807) is 23.1 Å². The molecule has 1 atom stereocenters. The third-order valence-electron chi connectivity index (χ3n) is 3.72. The van der Waals surface area contributed by atoms with Crippen molar-refractivity contribution < 1.29 is 19.5 Å². The summed E-state index contributed by atoms with van der Waals surface area (Å²) in [6.07, 6.45) is 4.88. The highest BCUT2D eigenvalue weighted by Crippen LogP contribution is 2.12. The molecule has 1 fully saturated rings. The summed E-state index contributed by atoms with van der Waals surface area (Å²) < 4.78 is 0. The maximum Gasteiger partial charge on any atom is 0.335 e. The lowest BCUT2D eigenvalue weighted by molar-refractivity contribution is -0.128. The van der Waals surface area contributed by atoms with E-state index in [9.17, 15) is 14.4 Å². The number of carboxylic acids is 1. The molecule has 1 unspecified atom stereocenters. The topological polar surface area (TPSA) is 86.7 Å². The van der Waals surface area contributed by atoms with Crippen molar-refractivity contribution >= 4 is 23.9 Å². The number of carbonyl (C=O) groups is 3. The molecule has 1 saturated heterocycles. The summed E-state index contributed by atoms with van der Waals surface area (Å²) in [5.74, 6) is -1.17. The van der Waals surface area contributed by atoms with Crippen LogP contribution in [0.15, 0.2) is 30.3 Å². The minimum absolute atomic E-state index is 0.00782. The number of hydrogen-bond acceptors (Lipinski definition) is 3. The van der Waals surface area contributed by atoms with Gasteiger partial charge in [-0.15, -0.1) is 0 Å². The zero-order valence-electron chi connectivity index (χ0n) is 13.0. The van der Waals surface area contributed by atoms with E-state index < -0.39 is 5.97 Å². The summed E-state index contributed by atoms with van der Waals surface area (Å²) in [5.41, 5.74) is 0.974. The standard InChI is InChI=1S/C17H20N2O4/c1-12(20)18-15-3-2-10-19(11-15)16(21)9-6-13-4-7-14(8-5-13)17(22)23/h4-9,15H,2-3,10-11H2,1H3,(H,18,20)(H,22,23)/b9-6+. The first kappa shape index (κ1) is 16.7. The van der Waals surface area contributed by atoms with E-state index in [0.29, 0.717) is 13.1 Å². The number of piperidine rings is 1. The van der Waals surface area contributed by atoms with Crippen molar-refractivity contribution in [3.05, 3.63) is 41.5 Å². The van der Waals surface area contributed by atoms with Crippen molar-refractivity contribution in [1.82, 2.24) is 10.2 Å². The van der Waals surface area contributed by atoms with Crippen LogP contribution in [0.4, 0.5) is 0 Å². The quantitative estimate of drug-likeness (QED) is 0.825. The molecule has 2 rings (SSSR count). The van der Waals surface area contributed by atoms with Crippen LogP contribution in [0.3, 0.4) is 0 Å². The van der Waals surface area contributed by atoms with Crippen LogP contribution in [-0.2, 0) is 9.59 Å². The molecule has 1 aliphatic heterocycles. The molecule has 1 aliphatic rings. The van der Waals surface area contributed by atoms with Gasteiger partial charge in [-0.3, -0.25) is 9.59 Å². The van der Waals surface area contributed by atoms with Gasteiger partial charge in [-0.1, -0.05) is 12.1 Å².